The average molecular weight is 356 g/mol. The molecule has 1 N–H and O–H groups in total. The highest BCUT2D eigenvalue weighted by Gasteiger charge is 2.23. The van der Waals surface area contributed by atoms with Crippen molar-refractivity contribution in [3.8, 4) is 0 Å². The summed E-state index contributed by atoms with van der Waals surface area (Å²) in [5.41, 5.74) is -0.115. The number of nitrogens with zero attached hydrogens (tertiary/aromatic N) is 2. The minimum atomic E-state index is -1.12. The van der Waals surface area contributed by atoms with Crippen LogP contribution in [0.3, 0.4) is 0 Å². The normalized spacial score (nSPS) is 15.0. The van der Waals surface area contributed by atoms with Crippen LogP contribution in [-0.4, -0.2) is 22.6 Å². The number of hydrogen-bond acceptors (Lipinski definition) is 4. The first-order valence-corrected chi connectivity index (χ1v) is 8.17. The summed E-state index contributed by atoms with van der Waals surface area (Å²) in [6.45, 7) is 0.234. The molecule has 1 saturated carbocycles. The highest BCUT2D eigenvalue weighted by molar-refractivity contribution is 6.33. The largest absolute Gasteiger partial charge is 0.352 e. The number of hydrogen-bond donors (Lipinski definition) is 1. The second-order valence-corrected chi connectivity index (χ2v) is 6.19. The molecule has 5 nitrogen and oxygen atoms in total. The van der Waals surface area contributed by atoms with Gasteiger partial charge < -0.3 is 9.84 Å². The van der Waals surface area contributed by atoms with Gasteiger partial charge in [-0.05, 0) is 25.0 Å². The summed E-state index contributed by atoms with van der Waals surface area (Å²) in [5, 5.41) is 6.34. The monoisotopic (exact) mass is 355 g/mol. The summed E-state index contributed by atoms with van der Waals surface area (Å²) < 4.78 is 31.5. The third-order valence-corrected chi connectivity index (χ3v) is 4.39. The molecule has 128 valence electrons. The van der Waals surface area contributed by atoms with Gasteiger partial charge in [-0.25, -0.2) is 8.78 Å². The summed E-state index contributed by atoms with van der Waals surface area (Å²) >= 11 is 5.76. The number of carbonyl (C=O) groups excluding carboxylic acids is 1. The van der Waals surface area contributed by atoms with E-state index >= 15 is 0 Å². The van der Waals surface area contributed by atoms with Gasteiger partial charge in [-0.1, -0.05) is 29.6 Å². The first-order valence-electron chi connectivity index (χ1n) is 7.80. The van der Waals surface area contributed by atoms with Crippen LogP contribution in [0.2, 0.25) is 5.02 Å². The second kappa shape index (κ2) is 7.25. The van der Waals surface area contributed by atoms with Gasteiger partial charge in [0, 0.05) is 18.9 Å². The maximum Gasteiger partial charge on any atom is 0.252 e. The molecule has 0 atom stereocenters. The van der Waals surface area contributed by atoms with Crippen molar-refractivity contribution < 1.29 is 18.1 Å². The Bertz CT molecular complexity index is 745. The summed E-state index contributed by atoms with van der Waals surface area (Å²) in [6.07, 6.45) is 4.85. The van der Waals surface area contributed by atoms with Crippen LogP contribution in [-0.2, 0) is 6.42 Å². The van der Waals surface area contributed by atoms with Gasteiger partial charge >= 0.3 is 0 Å². The third kappa shape index (κ3) is 3.72. The van der Waals surface area contributed by atoms with Crippen LogP contribution >= 0.6 is 11.6 Å². The molecule has 1 heterocycles. The molecule has 0 saturated heterocycles. The second-order valence-electron chi connectivity index (χ2n) is 5.78. The Morgan fingerprint density at radius 3 is 2.75 bits per heavy atom. The number of nitrogens with one attached hydrogen (secondary N) is 1. The first-order chi connectivity index (χ1) is 11.5. The molecule has 0 aliphatic heterocycles. The van der Waals surface area contributed by atoms with E-state index in [-0.39, 0.29) is 17.1 Å². The SMILES string of the molecule is O=C(NCCc1noc(C2CCCC2)n1)c1cc(F)c(F)cc1Cl. The van der Waals surface area contributed by atoms with Crippen LogP contribution < -0.4 is 5.32 Å². The van der Waals surface area contributed by atoms with E-state index in [1.165, 1.54) is 12.8 Å². The summed E-state index contributed by atoms with van der Waals surface area (Å²) in [7, 11) is 0. The van der Waals surface area contributed by atoms with Gasteiger partial charge in [-0.15, -0.1) is 0 Å². The molecule has 1 aromatic heterocycles. The Morgan fingerprint density at radius 2 is 2.00 bits per heavy atom. The van der Waals surface area contributed by atoms with E-state index in [0.29, 0.717) is 24.1 Å². The average Bonchev–Trinajstić information content (AvgIpc) is 3.21. The Hall–Kier alpha value is -2.02. The van der Waals surface area contributed by atoms with E-state index in [0.717, 1.165) is 25.0 Å². The van der Waals surface area contributed by atoms with E-state index in [9.17, 15) is 13.6 Å². The summed E-state index contributed by atoms with van der Waals surface area (Å²) in [5.74, 6) is -1.31. The number of amides is 1. The molecule has 1 amide bonds. The van der Waals surface area contributed by atoms with Crippen LogP contribution in [0.5, 0.6) is 0 Å². The maximum absolute atomic E-state index is 13.2. The van der Waals surface area contributed by atoms with Crippen molar-refractivity contribution in [2.45, 2.75) is 38.0 Å². The molecule has 0 spiro atoms. The highest BCUT2D eigenvalue weighted by atomic mass is 35.5. The predicted molar refractivity (Wildman–Crippen MR) is 82.9 cm³/mol. The minimum absolute atomic E-state index is 0.115. The lowest BCUT2D eigenvalue weighted by atomic mass is 10.1. The first kappa shape index (κ1) is 16.8. The Kier molecular flexibility index (Phi) is 5.08. The molecule has 1 fully saturated rings. The molecule has 1 aliphatic rings. The van der Waals surface area contributed by atoms with Crippen LogP contribution in [0.1, 0.15) is 53.7 Å². The number of rotatable bonds is 5. The molecule has 0 unspecified atom stereocenters. The van der Waals surface area contributed by atoms with E-state index in [1.54, 1.807) is 0 Å². The standard InChI is InChI=1S/C16H16ClF2N3O2/c17-11-8-13(19)12(18)7-10(11)15(23)20-6-5-14-21-16(24-22-14)9-3-1-2-4-9/h7-9H,1-6H2,(H,20,23). The lowest BCUT2D eigenvalue weighted by Crippen LogP contribution is -2.26. The topological polar surface area (TPSA) is 68.0 Å². The Labute approximate surface area is 142 Å². The molecule has 24 heavy (non-hydrogen) atoms. The van der Waals surface area contributed by atoms with Crippen LogP contribution in [0.4, 0.5) is 8.78 Å². The molecule has 0 radical (unpaired) electrons. The number of benzene rings is 1. The van der Waals surface area contributed by atoms with Crippen molar-refractivity contribution in [3.05, 3.63) is 46.1 Å². The van der Waals surface area contributed by atoms with Crippen molar-refractivity contribution in [1.82, 2.24) is 15.5 Å². The fraction of sp³-hybridized carbons (Fsp3) is 0.438. The van der Waals surface area contributed by atoms with Crippen LogP contribution in [0, 0.1) is 11.6 Å². The zero-order chi connectivity index (χ0) is 17.1. The van der Waals surface area contributed by atoms with Crippen molar-refractivity contribution >= 4 is 17.5 Å². The molecule has 3 rings (SSSR count). The van der Waals surface area contributed by atoms with Gasteiger partial charge in [-0.3, -0.25) is 4.79 Å². The summed E-state index contributed by atoms with van der Waals surface area (Å²) in [4.78, 5) is 16.3. The number of carbonyl (C=O) groups is 1. The summed E-state index contributed by atoms with van der Waals surface area (Å²) in [6, 6.07) is 1.55. The van der Waals surface area contributed by atoms with Gasteiger partial charge in [-0.2, -0.15) is 4.98 Å². The Morgan fingerprint density at radius 1 is 1.29 bits per heavy atom. The fourth-order valence-corrected chi connectivity index (χ4v) is 3.02. The van der Waals surface area contributed by atoms with E-state index in [1.807, 2.05) is 0 Å². The smallest absolute Gasteiger partial charge is 0.252 e. The molecule has 2 aromatic rings. The molecular weight excluding hydrogens is 340 g/mol. The zero-order valence-corrected chi connectivity index (χ0v) is 13.6. The van der Waals surface area contributed by atoms with Crippen LogP contribution in [0.15, 0.2) is 16.7 Å². The Balaban J connectivity index is 1.54. The lowest BCUT2D eigenvalue weighted by molar-refractivity contribution is 0.0953. The molecule has 8 heteroatoms. The van der Waals surface area contributed by atoms with Gasteiger partial charge in [0.05, 0.1) is 10.6 Å². The van der Waals surface area contributed by atoms with Gasteiger partial charge in [0.2, 0.25) is 5.89 Å². The lowest BCUT2D eigenvalue weighted by Gasteiger charge is -2.06. The fourth-order valence-electron chi connectivity index (χ4n) is 2.79. The van der Waals surface area contributed by atoms with E-state index < -0.39 is 17.5 Å². The van der Waals surface area contributed by atoms with Crippen molar-refractivity contribution in [1.29, 1.82) is 0 Å². The van der Waals surface area contributed by atoms with Crippen molar-refractivity contribution in [2.75, 3.05) is 6.54 Å². The minimum Gasteiger partial charge on any atom is -0.352 e. The van der Waals surface area contributed by atoms with Crippen molar-refractivity contribution in [2.24, 2.45) is 0 Å². The van der Waals surface area contributed by atoms with Crippen LogP contribution in [0.25, 0.3) is 0 Å². The molecular formula is C16H16ClF2N3O2. The van der Waals surface area contributed by atoms with Gasteiger partial charge in [0.25, 0.3) is 5.91 Å². The molecule has 1 aromatic carbocycles. The quantitative estimate of drug-likeness (QED) is 0.831. The predicted octanol–water partition coefficient (Wildman–Crippen LogP) is 3.63. The zero-order valence-electron chi connectivity index (χ0n) is 12.8. The van der Waals surface area contributed by atoms with Crippen molar-refractivity contribution in [3.63, 3.8) is 0 Å². The van der Waals surface area contributed by atoms with E-state index in [2.05, 4.69) is 15.5 Å². The van der Waals surface area contributed by atoms with E-state index in [4.69, 9.17) is 16.1 Å². The van der Waals surface area contributed by atoms with Gasteiger partial charge in [0.15, 0.2) is 17.5 Å². The third-order valence-electron chi connectivity index (χ3n) is 4.08. The van der Waals surface area contributed by atoms with Gasteiger partial charge in [0.1, 0.15) is 0 Å². The number of halogens is 3. The maximum atomic E-state index is 13.2. The number of aromatic nitrogens is 2. The highest BCUT2D eigenvalue weighted by Crippen LogP contribution is 2.32. The molecule has 1 aliphatic carbocycles. The molecule has 0 bridgehead atoms.